The van der Waals surface area contributed by atoms with E-state index in [1.54, 1.807) is 0 Å². The Morgan fingerprint density at radius 3 is 2.62 bits per heavy atom. The number of ether oxygens (including phenoxy) is 2. The second-order valence-corrected chi connectivity index (χ2v) is 5.83. The molecule has 1 aromatic rings. The fraction of sp³-hybridized carbons (Fsp3) is 0.562. The summed E-state index contributed by atoms with van der Waals surface area (Å²) in [5, 5.41) is 2.96. The molecule has 1 amide bonds. The van der Waals surface area contributed by atoms with Crippen LogP contribution in [0.1, 0.15) is 31.2 Å². The van der Waals surface area contributed by atoms with Crippen LogP contribution >= 0.6 is 0 Å². The van der Waals surface area contributed by atoms with E-state index in [0.717, 1.165) is 24.3 Å². The van der Waals surface area contributed by atoms with Gasteiger partial charge in [-0.15, -0.1) is 0 Å². The van der Waals surface area contributed by atoms with Crippen LogP contribution in [0.3, 0.4) is 0 Å². The number of carbonyl (C=O) groups is 1. The van der Waals surface area contributed by atoms with Crippen molar-refractivity contribution in [2.24, 2.45) is 5.73 Å². The van der Waals surface area contributed by atoms with Crippen LogP contribution in [0.15, 0.2) is 18.2 Å². The largest absolute Gasteiger partial charge is 0.486 e. The summed E-state index contributed by atoms with van der Waals surface area (Å²) in [5.41, 5.74) is 6.61. The maximum absolute atomic E-state index is 11.5. The topological polar surface area (TPSA) is 73.6 Å². The fourth-order valence-electron chi connectivity index (χ4n) is 3.33. The maximum Gasteiger partial charge on any atom is 0.233 e. The van der Waals surface area contributed by atoms with E-state index in [2.05, 4.69) is 17.4 Å². The van der Waals surface area contributed by atoms with Gasteiger partial charge in [-0.05, 0) is 30.5 Å². The molecule has 1 aromatic carbocycles. The normalized spacial score (nSPS) is 19.3. The van der Waals surface area contributed by atoms with Crippen molar-refractivity contribution in [2.75, 3.05) is 26.3 Å². The van der Waals surface area contributed by atoms with Gasteiger partial charge < -0.3 is 20.5 Å². The van der Waals surface area contributed by atoms with Crippen molar-refractivity contribution in [3.8, 4) is 11.5 Å². The third-order valence-electron chi connectivity index (χ3n) is 4.52. The van der Waals surface area contributed by atoms with Crippen molar-refractivity contribution < 1.29 is 14.3 Å². The van der Waals surface area contributed by atoms with Gasteiger partial charge >= 0.3 is 0 Å². The molecule has 0 radical (unpaired) electrons. The lowest BCUT2D eigenvalue weighted by molar-refractivity contribution is -0.120. The van der Waals surface area contributed by atoms with Crippen LogP contribution in [-0.4, -0.2) is 32.2 Å². The van der Waals surface area contributed by atoms with E-state index >= 15 is 0 Å². The minimum atomic E-state index is -0.0983. The van der Waals surface area contributed by atoms with Crippen LogP contribution in [0, 0.1) is 0 Å². The van der Waals surface area contributed by atoms with Crippen LogP contribution in [0.4, 0.5) is 0 Å². The Hall–Kier alpha value is -1.75. The number of hydrogen-bond donors (Lipinski definition) is 2. The van der Waals surface area contributed by atoms with Crippen molar-refractivity contribution in [3.05, 3.63) is 23.8 Å². The molecule has 2 aliphatic rings. The van der Waals surface area contributed by atoms with E-state index in [4.69, 9.17) is 15.2 Å². The molecule has 1 heterocycles. The number of carbonyl (C=O) groups excluding carboxylic acids is 1. The van der Waals surface area contributed by atoms with Crippen molar-refractivity contribution >= 4 is 5.91 Å². The maximum atomic E-state index is 11.5. The molecule has 0 aromatic heterocycles. The Morgan fingerprint density at radius 1 is 1.19 bits per heavy atom. The van der Waals surface area contributed by atoms with Gasteiger partial charge in [0.25, 0.3) is 0 Å². The highest BCUT2D eigenvalue weighted by atomic mass is 16.6. The Morgan fingerprint density at radius 2 is 1.90 bits per heavy atom. The van der Waals surface area contributed by atoms with Crippen LogP contribution in [-0.2, 0) is 10.2 Å². The van der Waals surface area contributed by atoms with Crippen LogP contribution < -0.4 is 20.5 Å². The first-order chi connectivity index (χ1) is 10.2. The molecule has 1 saturated carbocycles. The third kappa shape index (κ3) is 2.83. The molecule has 3 N–H and O–H groups in total. The van der Waals surface area contributed by atoms with E-state index in [1.165, 1.54) is 18.4 Å². The Kier molecular flexibility index (Phi) is 4.01. The number of hydrogen-bond acceptors (Lipinski definition) is 4. The molecule has 0 atom stereocenters. The van der Waals surface area contributed by atoms with E-state index in [0.29, 0.717) is 19.8 Å². The van der Waals surface area contributed by atoms with Gasteiger partial charge in [0.05, 0.1) is 6.54 Å². The Bertz CT molecular complexity index is 524. The zero-order valence-corrected chi connectivity index (χ0v) is 12.2. The molecule has 5 nitrogen and oxygen atoms in total. The van der Waals surface area contributed by atoms with E-state index in [9.17, 15) is 4.79 Å². The molecule has 1 aliphatic carbocycles. The second-order valence-electron chi connectivity index (χ2n) is 5.83. The highest BCUT2D eigenvalue weighted by Gasteiger charge is 2.36. The van der Waals surface area contributed by atoms with Crippen molar-refractivity contribution in [1.29, 1.82) is 0 Å². The van der Waals surface area contributed by atoms with Gasteiger partial charge in [0, 0.05) is 12.0 Å². The number of benzene rings is 1. The number of amides is 1. The summed E-state index contributed by atoms with van der Waals surface area (Å²) in [4.78, 5) is 11.5. The molecule has 1 fully saturated rings. The number of nitrogens with one attached hydrogen (secondary N) is 1. The fourth-order valence-corrected chi connectivity index (χ4v) is 3.33. The van der Waals surface area contributed by atoms with Gasteiger partial charge in [0.15, 0.2) is 11.5 Å². The third-order valence-corrected chi connectivity index (χ3v) is 4.52. The quantitative estimate of drug-likeness (QED) is 0.878. The highest BCUT2D eigenvalue weighted by molar-refractivity contribution is 5.77. The average molecular weight is 290 g/mol. The summed E-state index contributed by atoms with van der Waals surface area (Å²) in [6.45, 7) is 1.87. The molecule has 0 unspecified atom stereocenters. The van der Waals surface area contributed by atoms with Crippen molar-refractivity contribution in [3.63, 3.8) is 0 Å². The van der Waals surface area contributed by atoms with Crippen LogP contribution in [0.2, 0.25) is 0 Å². The Balaban J connectivity index is 1.84. The van der Waals surface area contributed by atoms with Crippen molar-refractivity contribution in [2.45, 2.75) is 31.1 Å². The summed E-state index contributed by atoms with van der Waals surface area (Å²) in [5.74, 6) is 1.53. The van der Waals surface area contributed by atoms with Gasteiger partial charge in [0.2, 0.25) is 5.91 Å². The molecule has 1 aliphatic heterocycles. The molecule has 0 saturated heterocycles. The lowest BCUT2D eigenvalue weighted by atomic mass is 9.78. The minimum absolute atomic E-state index is 0.000662. The standard InChI is InChI=1S/C16H22N2O3/c17-10-15(19)18-11-16(5-1-2-6-16)12-3-4-13-14(9-12)21-8-7-20-13/h3-4,9H,1-2,5-8,10-11,17H2,(H,18,19). The monoisotopic (exact) mass is 290 g/mol. The van der Waals surface area contributed by atoms with Gasteiger partial charge in [-0.2, -0.15) is 0 Å². The summed E-state index contributed by atoms with van der Waals surface area (Å²) in [7, 11) is 0. The number of fused-ring (bicyclic) bond motifs is 1. The van der Waals surface area contributed by atoms with Crippen LogP contribution in [0.5, 0.6) is 11.5 Å². The number of nitrogens with two attached hydrogens (primary N) is 1. The molecular formula is C16H22N2O3. The molecular weight excluding hydrogens is 268 g/mol. The summed E-state index contributed by atoms with van der Waals surface area (Å²) in [6.07, 6.45) is 4.54. The lowest BCUT2D eigenvalue weighted by Crippen LogP contribution is -2.41. The summed E-state index contributed by atoms with van der Waals surface area (Å²) >= 11 is 0. The van der Waals surface area contributed by atoms with Gasteiger partial charge in [0.1, 0.15) is 13.2 Å². The van der Waals surface area contributed by atoms with E-state index in [1.807, 2.05) is 6.07 Å². The van der Waals surface area contributed by atoms with Gasteiger partial charge in [-0.25, -0.2) is 0 Å². The van der Waals surface area contributed by atoms with Crippen molar-refractivity contribution in [1.82, 2.24) is 5.32 Å². The number of rotatable bonds is 4. The smallest absolute Gasteiger partial charge is 0.233 e. The van der Waals surface area contributed by atoms with Gasteiger partial charge in [-0.1, -0.05) is 18.9 Å². The highest BCUT2D eigenvalue weighted by Crippen LogP contribution is 2.43. The first-order valence-corrected chi connectivity index (χ1v) is 7.60. The predicted octanol–water partition coefficient (Wildman–Crippen LogP) is 1.34. The first-order valence-electron chi connectivity index (χ1n) is 7.60. The van der Waals surface area contributed by atoms with Crippen LogP contribution in [0.25, 0.3) is 0 Å². The van der Waals surface area contributed by atoms with E-state index in [-0.39, 0.29) is 17.9 Å². The molecule has 0 bridgehead atoms. The zero-order valence-electron chi connectivity index (χ0n) is 12.2. The SMILES string of the molecule is NCC(=O)NCC1(c2ccc3c(c2)OCCO3)CCCC1. The Labute approximate surface area is 124 Å². The van der Waals surface area contributed by atoms with Gasteiger partial charge in [-0.3, -0.25) is 4.79 Å². The predicted molar refractivity (Wildman–Crippen MR) is 79.6 cm³/mol. The summed E-state index contributed by atoms with van der Waals surface area (Å²) < 4.78 is 11.3. The molecule has 0 spiro atoms. The lowest BCUT2D eigenvalue weighted by Gasteiger charge is -2.31. The minimum Gasteiger partial charge on any atom is -0.486 e. The zero-order chi connectivity index (χ0) is 14.7. The first kappa shape index (κ1) is 14.2. The molecule has 114 valence electrons. The second kappa shape index (κ2) is 5.93. The summed E-state index contributed by atoms with van der Waals surface area (Å²) in [6, 6.07) is 6.16. The molecule has 5 heteroatoms. The molecule has 21 heavy (non-hydrogen) atoms. The molecule has 3 rings (SSSR count). The van der Waals surface area contributed by atoms with E-state index < -0.39 is 0 Å². The average Bonchev–Trinajstić information content (AvgIpc) is 3.02.